The third-order valence-corrected chi connectivity index (χ3v) is 3.74. The molecule has 2 aromatic rings. The fourth-order valence-corrected chi connectivity index (χ4v) is 2.36. The van der Waals surface area contributed by atoms with Gasteiger partial charge in [-0.1, -0.05) is 42.5 Å². The quantitative estimate of drug-likeness (QED) is 0.912. The maximum Gasteiger partial charge on any atom is 0.251 e. The van der Waals surface area contributed by atoms with Crippen molar-refractivity contribution in [2.75, 3.05) is 0 Å². The highest BCUT2D eigenvalue weighted by atomic mass is 35.5. The maximum atomic E-state index is 12.0. The van der Waals surface area contributed by atoms with Gasteiger partial charge in [-0.05, 0) is 29.7 Å². The number of nitrogens with two attached hydrogens (primary N) is 1. The first-order valence-electron chi connectivity index (χ1n) is 6.92. The monoisotopic (exact) mass is 302 g/mol. The number of hydrogen-bond acceptors (Lipinski definition) is 2. The Kier molecular flexibility index (Phi) is 4.99. The van der Waals surface area contributed by atoms with Gasteiger partial charge in [0.25, 0.3) is 5.91 Å². The summed E-state index contributed by atoms with van der Waals surface area (Å²) in [6.45, 7) is 0.551. The Morgan fingerprint density at radius 3 is 2.29 bits per heavy atom. The number of amides is 1. The van der Waals surface area contributed by atoms with Gasteiger partial charge in [-0.25, -0.2) is 0 Å². The van der Waals surface area contributed by atoms with E-state index in [1.54, 1.807) is 0 Å². The molecule has 3 N–H and O–H groups in total. The van der Waals surface area contributed by atoms with Gasteiger partial charge in [0.2, 0.25) is 0 Å². The minimum absolute atomic E-state index is 0. The molecule has 1 aliphatic rings. The van der Waals surface area contributed by atoms with E-state index in [0.29, 0.717) is 24.1 Å². The van der Waals surface area contributed by atoms with Crippen molar-refractivity contribution in [3.8, 4) is 0 Å². The molecule has 21 heavy (non-hydrogen) atoms. The highest BCUT2D eigenvalue weighted by Gasteiger charge is 2.34. The molecule has 0 aromatic heterocycles. The minimum atomic E-state index is -0.0412. The van der Waals surface area contributed by atoms with Gasteiger partial charge in [-0.15, -0.1) is 12.4 Å². The van der Waals surface area contributed by atoms with E-state index in [1.165, 1.54) is 5.56 Å². The van der Waals surface area contributed by atoms with Crippen molar-refractivity contribution in [3.05, 3.63) is 71.3 Å². The zero-order valence-electron chi connectivity index (χ0n) is 11.7. The SMILES string of the molecule is Cl.N[C@@H]1C[C@H]1c1ccc(C(=O)NCc2ccccc2)cc1. The molecule has 0 radical (unpaired) electrons. The molecule has 0 saturated heterocycles. The van der Waals surface area contributed by atoms with E-state index >= 15 is 0 Å². The average Bonchev–Trinajstić information content (AvgIpc) is 3.23. The van der Waals surface area contributed by atoms with Crippen LogP contribution in [0.2, 0.25) is 0 Å². The summed E-state index contributed by atoms with van der Waals surface area (Å²) in [6, 6.07) is 18.0. The van der Waals surface area contributed by atoms with E-state index in [2.05, 4.69) is 5.32 Å². The summed E-state index contributed by atoms with van der Waals surface area (Å²) in [4.78, 5) is 12.0. The zero-order chi connectivity index (χ0) is 13.9. The van der Waals surface area contributed by atoms with Gasteiger partial charge in [0.15, 0.2) is 0 Å². The largest absolute Gasteiger partial charge is 0.348 e. The van der Waals surface area contributed by atoms with Crippen molar-refractivity contribution in [2.24, 2.45) is 5.73 Å². The molecule has 2 atom stereocenters. The lowest BCUT2D eigenvalue weighted by Crippen LogP contribution is -2.22. The first kappa shape index (κ1) is 15.5. The molecule has 0 unspecified atom stereocenters. The van der Waals surface area contributed by atoms with Crippen LogP contribution in [0.4, 0.5) is 0 Å². The van der Waals surface area contributed by atoms with Gasteiger partial charge < -0.3 is 11.1 Å². The Morgan fingerprint density at radius 2 is 1.71 bits per heavy atom. The van der Waals surface area contributed by atoms with E-state index in [1.807, 2.05) is 54.6 Å². The van der Waals surface area contributed by atoms with Gasteiger partial charge in [0.1, 0.15) is 0 Å². The highest BCUT2D eigenvalue weighted by Crippen LogP contribution is 2.38. The standard InChI is InChI=1S/C17H18N2O.ClH/c18-16-10-15(16)13-6-8-14(9-7-13)17(20)19-11-12-4-2-1-3-5-12;/h1-9,15-16H,10-11,18H2,(H,19,20);1H/t15-,16+;/m0./s1. The molecule has 110 valence electrons. The second-order valence-corrected chi connectivity index (χ2v) is 5.30. The summed E-state index contributed by atoms with van der Waals surface area (Å²) >= 11 is 0. The number of rotatable bonds is 4. The van der Waals surface area contributed by atoms with Crippen LogP contribution in [0.1, 0.15) is 33.8 Å². The van der Waals surface area contributed by atoms with Crippen LogP contribution < -0.4 is 11.1 Å². The Labute approximate surface area is 131 Å². The van der Waals surface area contributed by atoms with E-state index < -0.39 is 0 Å². The molecule has 0 spiro atoms. The van der Waals surface area contributed by atoms with E-state index in [-0.39, 0.29) is 18.3 Å². The van der Waals surface area contributed by atoms with Crippen LogP contribution in [0.3, 0.4) is 0 Å². The van der Waals surface area contributed by atoms with Crippen LogP contribution >= 0.6 is 12.4 Å². The topological polar surface area (TPSA) is 55.1 Å². The Bertz CT molecular complexity index is 598. The summed E-state index contributed by atoms with van der Waals surface area (Å²) in [7, 11) is 0. The number of benzene rings is 2. The number of halogens is 1. The van der Waals surface area contributed by atoms with Crippen LogP contribution in [0.25, 0.3) is 0 Å². The van der Waals surface area contributed by atoms with Crippen molar-refractivity contribution in [1.29, 1.82) is 0 Å². The highest BCUT2D eigenvalue weighted by molar-refractivity contribution is 5.94. The fourth-order valence-electron chi connectivity index (χ4n) is 2.36. The molecular formula is C17H19ClN2O. The first-order chi connectivity index (χ1) is 9.74. The Morgan fingerprint density at radius 1 is 1.10 bits per heavy atom. The summed E-state index contributed by atoms with van der Waals surface area (Å²) in [5.74, 6) is 0.442. The first-order valence-corrected chi connectivity index (χ1v) is 6.92. The van der Waals surface area contributed by atoms with Crippen LogP contribution in [0.15, 0.2) is 54.6 Å². The normalized spacial score (nSPS) is 19.5. The second-order valence-electron chi connectivity index (χ2n) is 5.30. The minimum Gasteiger partial charge on any atom is -0.348 e. The van der Waals surface area contributed by atoms with Gasteiger partial charge in [0.05, 0.1) is 0 Å². The molecule has 1 saturated carbocycles. The smallest absolute Gasteiger partial charge is 0.251 e. The second kappa shape index (κ2) is 6.74. The molecule has 3 rings (SSSR count). The van der Waals surface area contributed by atoms with Crippen LogP contribution in [-0.4, -0.2) is 11.9 Å². The zero-order valence-corrected chi connectivity index (χ0v) is 12.5. The summed E-state index contributed by atoms with van der Waals surface area (Å²) in [5.41, 5.74) is 8.85. The maximum absolute atomic E-state index is 12.0. The van der Waals surface area contributed by atoms with Crippen molar-refractivity contribution >= 4 is 18.3 Å². The predicted molar refractivity (Wildman–Crippen MR) is 86.6 cm³/mol. The molecule has 1 aliphatic carbocycles. The van der Waals surface area contributed by atoms with Gasteiger partial charge >= 0.3 is 0 Å². The van der Waals surface area contributed by atoms with Gasteiger partial charge in [-0.3, -0.25) is 4.79 Å². The van der Waals surface area contributed by atoms with Crippen molar-refractivity contribution in [1.82, 2.24) is 5.32 Å². The van der Waals surface area contributed by atoms with Crippen LogP contribution in [0.5, 0.6) is 0 Å². The van der Waals surface area contributed by atoms with Crippen molar-refractivity contribution in [2.45, 2.75) is 24.9 Å². The summed E-state index contributed by atoms with van der Waals surface area (Å²) in [6.07, 6.45) is 1.06. The Balaban J connectivity index is 0.00000161. The van der Waals surface area contributed by atoms with E-state index in [9.17, 15) is 4.79 Å². The summed E-state index contributed by atoms with van der Waals surface area (Å²) < 4.78 is 0. The molecule has 1 fully saturated rings. The lowest BCUT2D eigenvalue weighted by Gasteiger charge is -2.06. The third kappa shape index (κ3) is 3.84. The molecule has 4 heteroatoms. The van der Waals surface area contributed by atoms with Gasteiger partial charge in [-0.2, -0.15) is 0 Å². The summed E-state index contributed by atoms with van der Waals surface area (Å²) in [5, 5.41) is 2.92. The van der Waals surface area contributed by atoms with Crippen LogP contribution in [0, 0.1) is 0 Å². The lowest BCUT2D eigenvalue weighted by molar-refractivity contribution is 0.0951. The van der Waals surface area contributed by atoms with Gasteiger partial charge in [0, 0.05) is 24.1 Å². The molecule has 1 amide bonds. The molecule has 2 aromatic carbocycles. The molecule has 0 aliphatic heterocycles. The van der Waals surface area contributed by atoms with E-state index in [4.69, 9.17) is 5.73 Å². The number of hydrogen-bond donors (Lipinski definition) is 2. The molecule has 0 bridgehead atoms. The molecule has 0 heterocycles. The van der Waals surface area contributed by atoms with Crippen LogP contribution in [-0.2, 0) is 6.54 Å². The fraction of sp³-hybridized carbons (Fsp3) is 0.235. The number of carbonyl (C=O) groups is 1. The van der Waals surface area contributed by atoms with Crippen molar-refractivity contribution in [3.63, 3.8) is 0 Å². The third-order valence-electron chi connectivity index (χ3n) is 3.74. The average molecular weight is 303 g/mol. The molecule has 3 nitrogen and oxygen atoms in total. The number of nitrogens with one attached hydrogen (secondary N) is 1. The lowest BCUT2D eigenvalue weighted by atomic mass is 10.1. The van der Waals surface area contributed by atoms with E-state index in [0.717, 1.165) is 12.0 Å². The Hall–Kier alpha value is -1.84. The predicted octanol–water partition coefficient (Wildman–Crippen LogP) is 2.85. The number of carbonyl (C=O) groups excluding carboxylic acids is 1. The van der Waals surface area contributed by atoms with Crippen molar-refractivity contribution < 1.29 is 4.79 Å². The molecular weight excluding hydrogens is 284 g/mol.